The number of amidine groups is 1. The van der Waals surface area contributed by atoms with E-state index in [2.05, 4.69) is 32.4 Å². The first-order valence-electron chi connectivity index (χ1n) is 17.0. The van der Waals surface area contributed by atoms with Crippen LogP contribution in [-0.2, 0) is 20.5 Å². The zero-order valence-corrected chi connectivity index (χ0v) is 29.4. The fourth-order valence-electron chi connectivity index (χ4n) is 7.06. The second-order valence-electron chi connectivity index (χ2n) is 12.8. The summed E-state index contributed by atoms with van der Waals surface area (Å²) in [6.45, 7) is 4.22. The highest BCUT2D eigenvalue weighted by atomic mass is 35.5. The van der Waals surface area contributed by atoms with Gasteiger partial charge in [0.2, 0.25) is 5.91 Å². The predicted octanol–water partition coefficient (Wildman–Crippen LogP) is 5.80. The van der Waals surface area contributed by atoms with Crippen molar-refractivity contribution in [1.82, 2.24) is 20.2 Å². The zero-order chi connectivity index (χ0) is 37.4. The molecule has 16 heteroatoms. The SMILES string of the molecule is C=N/C(=N\N(CC(=O)Nc1ccc(C(F)(F)F)cc1Cl)C(=O)/C=C(/CCC1CCN(C(=O)c2ncccc2O)C2CCCC12)NC)C1=CCOCC1. The molecule has 278 valence electrons. The molecule has 0 bridgehead atoms. The third-order valence-electron chi connectivity index (χ3n) is 9.67. The Balaban J connectivity index is 1.30. The molecule has 0 spiro atoms. The molecule has 1 aliphatic carbocycles. The van der Waals surface area contributed by atoms with Crippen LogP contribution in [0.4, 0.5) is 18.9 Å². The summed E-state index contributed by atoms with van der Waals surface area (Å²) >= 11 is 6.05. The van der Waals surface area contributed by atoms with Gasteiger partial charge in [0.25, 0.3) is 11.8 Å². The van der Waals surface area contributed by atoms with Gasteiger partial charge < -0.3 is 25.4 Å². The largest absolute Gasteiger partial charge is 0.505 e. The Morgan fingerprint density at radius 3 is 2.71 bits per heavy atom. The monoisotopic (exact) mass is 743 g/mol. The highest BCUT2D eigenvalue weighted by Crippen LogP contribution is 2.43. The van der Waals surface area contributed by atoms with Crippen molar-refractivity contribution < 1.29 is 37.4 Å². The number of rotatable bonds is 11. The molecule has 1 aromatic carbocycles. The highest BCUT2D eigenvalue weighted by molar-refractivity contribution is 6.33. The number of hydrazone groups is 1. The molecule has 1 saturated heterocycles. The van der Waals surface area contributed by atoms with Crippen LogP contribution in [0.25, 0.3) is 0 Å². The number of nitrogens with one attached hydrogen (secondary N) is 2. The molecule has 5 rings (SSSR count). The van der Waals surface area contributed by atoms with Gasteiger partial charge in [-0.15, -0.1) is 5.10 Å². The van der Waals surface area contributed by atoms with Gasteiger partial charge in [-0.25, -0.2) is 15.0 Å². The summed E-state index contributed by atoms with van der Waals surface area (Å²) in [7, 11) is 1.69. The van der Waals surface area contributed by atoms with E-state index in [1.807, 2.05) is 4.90 Å². The molecule has 2 aliphatic heterocycles. The van der Waals surface area contributed by atoms with E-state index in [0.29, 0.717) is 49.9 Å². The van der Waals surface area contributed by atoms with E-state index in [1.54, 1.807) is 19.2 Å². The minimum atomic E-state index is -4.62. The number of hydrogen-bond acceptors (Lipinski definition) is 8. The highest BCUT2D eigenvalue weighted by Gasteiger charge is 2.43. The van der Waals surface area contributed by atoms with Crippen LogP contribution in [0.15, 0.2) is 70.0 Å². The average Bonchev–Trinajstić information content (AvgIpc) is 3.63. The van der Waals surface area contributed by atoms with Crippen molar-refractivity contribution in [2.45, 2.75) is 57.2 Å². The lowest BCUT2D eigenvalue weighted by atomic mass is 9.78. The Labute approximate surface area is 304 Å². The number of ether oxygens (including phenoxy) is 1. The molecule has 3 N–H and O–H groups in total. The van der Waals surface area contributed by atoms with Crippen molar-refractivity contribution >= 4 is 47.6 Å². The minimum absolute atomic E-state index is 0.0297. The number of likely N-dealkylation sites (tertiary alicyclic amines) is 1. The molecular weight excluding hydrogens is 703 g/mol. The van der Waals surface area contributed by atoms with Crippen LogP contribution in [0.3, 0.4) is 0 Å². The van der Waals surface area contributed by atoms with Gasteiger partial charge in [-0.1, -0.05) is 24.1 Å². The van der Waals surface area contributed by atoms with Crippen molar-refractivity contribution in [3.63, 3.8) is 0 Å². The number of halogens is 4. The van der Waals surface area contributed by atoms with Gasteiger partial charge in [0, 0.05) is 37.6 Å². The first kappa shape index (κ1) is 38.5. The summed E-state index contributed by atoms with van der Waals surface area (Å²) in [4.78, 5) is 50.2. The number of benzene rings is 1. The second-order valence-corrected chi connectivity index (χ2v) is 13.2. The smallest absolute Gasteiger partial charge is 0.416 e. The number of carbonyl (C=O) groups is 3. The summed E-state index contributed by atoms with van der Waals surface area (Å²) in [5.41, 5.74) is 0.294. The Kier molecular flexibility index (Phi) is 12.7. The van der Waals surface area contributed by atoms with E-state index in [4.69, 9.17) is 16.3 Å². The van der Waals surface area contributed by atoms with Gasteiger partial charge in [-0.05, 0) is 93.0 Å². The molecule has 3 amide bonds. The van der Waals surface area contributed by atoms with Crippen LogP contribution in [0.2, 0.25) is 5.02 Å². The number of amides is 3. The Hall–Kier alpha value is -4.76. The van der Waals surface area contributed by atoms with E-state index in [0.717, 1.165) is 49.2 Å². The molecule has 3 unspecified atom stereocenters. The topological polar surface area (TPSA) is 149 Å². The maximum absolute atomic E-state index is 13.8. The van der Waals surface area contributed by atoms with Crippen LogP contribution in [-0.4, -0.2) is 89.7 Å². The van der Waals surface area contributed by atoms with Gasteiger partial charge in [0.15, 0.2) is 11.5 Å². The fraction of sp³-hybridized carbons (Fsp3) is 0.444. The molecule has 2 aromatic rings. The number of nitrogens with zero attached hydrogens (tertiary/aromatic N) is 5. The lowest BCUT2D eigenvalue weighted by Gasteiger charge is -2.42. The van der Waals surface area contributed by atoms with E-state index in [1.165, 1.54) is 18.3 Å². The van der Waals surface area contributed by atoms with Crippen molar-refractivity contribution in [3.05, 3.63) is 76.2 Å². The number of carbonyl (C=O) groups excluding carboxylic acids is 3. The Bertz CT molecular complexity index is 1770. The molecular formula is C36H41ClF3N7O5. The molecule has 0 radical (unpaired) electrons. The van der Waals surface area contributed by atoms with Crippen molar-refractivity contribution in [3.8, 4) is 5.75 Å². The summed E-state index contributed by atoms with van der Waals surface area (Å²) in [5.74, 6) is -1.14. The van der Waals surface area contributed by atoms with E-state index in [-0.39, 0.29) is 51.8 Å². The lowest BCUT2D eigenvalue weighted by Crippen LogP contribution is -2.49. The fourth-order valence-corrected chi connectivity index (χ4v) is 7.28. The third kappa shape index (κ3) is 9.36. The third-order valence-corrected chi connectivity index (χ3v) is 9.98. The number of allylic oxidation sites excluding steroid dienone is 1. The number of fused-ring (bicyclic) bond motifs is 1. The quantitative estimate of drug-likeness (QED) is 0.114. The molecule has 12 nitrogen and oxygen atoms in total. The van der Waals surface area contributed by atoms with Gasteiger partial charge in [0.1, 0.15) is 12.3 Å². The van der Waals surface area contributed by atoms with Crippen molar-refractivity contribution in [2.75, 3.05) is 38.7 Å². The predicted molar refractivity (Wildman–Crippen MR) is 190 cm³/mol. The number of piperidine rings is 1. The van der Waals surface area contributed by atoms with Crippen molar-refractivity contribution in [1.29, 1.82) is 0 Å². The van der Waals surface area contributed by atoms with Crippen LogP contribution < -0.4 is 10.6 Å². The molecule has 3 aliphatic rings. The zero-order valence-electron chi connectivity index (χ0n) is 28.7. The number of hydrogen-bond donors (Lipinski definition) is 3. The van der Waals surface area contributed by atoms with E-state index >= 15 is 0 Å². The molecule has 1 saturated carbocycles. The number of aliphatic imine (C=N–C) groups is 1. The number of aromatic nitrogens is 1. The normalized spacial score (nSPS) is 20.8. The standard InChI is InChI=1S/C36H41ClF3N7O5/c1-41-25(10-8-22-12-16-46(29-6-3-5-26(22)29)35(51)33-30(48)7-4-15-43-33)20-32(50)47(45-34(42-2)23-13-17-52-18-14-23)21-31(49)44-28-11-9-24(19-27(28)37)36(38,39)40/h4,7,9,11,13,15,19-20,22,26,29,41,48H,2-3,5-6,8,10,12,14,16-18,21H2,1H3,(H,44,49)/b25-20-,45-34-. The molecule has 1 aromatic heterocycles. The van der Waals surface area contributed by atoms with Crippen LogP contribution in [0, 0.1) is 11.8 Å². The summed E-state index contributed by atoms with van der Waals surface area (Å²) in [6, 6.07) is 5.60. The molecule has 3 atom stereocenters. The first-order valence-corrected chi connectivity index (χ1v) is 17.4. The average molecular weight is 744 g/mol. The Morgan fingerprint density at radius 2 is 2.04 bits per heavy atom. The number of anilines is 1. The van der Waals surface area contributed by atoms with Gasteiger partial charge in [0.05, 0.1) is 29.5 Å². The van der Waals surface area contributed by atoms with E-state index < -0.39 is 30.1 Å². The number of aromatic hydroxyl groups is 1. The number of pyridine rings is 1. The van der Waals surface area contributed by atoms with Gasteiger partial charge >= 0.3 is 6.18 Å². The molecule has 2 fully saturated rings. The molecule has 3 heterocycles. The summed E-state index contributed by atoms with van der Waals surface area (Å²) in [5, 5.41) is 20.8. The first-order chi connectivity index (χ1) is 24.9. The maximum atomic E-state index is 13.8. The second kappa shape index (κ2) is 17.2. The maximum Gasteiger partial charge on any atom is 0.416 e. The van der Waals surface area contributed by atoms with Crippen molar-refractivity contribution in [2.24, 2.45) is 21.9 Å². The lowest BCUT2D eigenvalue weighted by molar-refractivity contribution is -0.137. The summed E-state index contributed by atoms with van der Waals surface area (Å²) < 4.78 is 44.8. The molecule has 52 heavy (non-hydrogen) atoms. The Morgan fingerprint density at radius 1 is 1.23 bits per heavy atom. The van der Waals surface area contributed by atoms with Gasteiger partial charge in [-0.2, -0.15) is 13.2 Å². The van der Waals surface area contributed by atoms with Crippen LogP contribution in [0.1, 0.15) is 61.0 Å². The number of alkyl halides is 3. The van der Waals surface area contributed by atoms with Gasteiger partial charge in [-0.3, -0.25) is 14.4 Å². The van der Waals surface area contributed by atoms with Crippen LogP contribution >= 0.6 is 11.6 Å². The summed E-state index contributed by atoms with van der Waals surface area (Å²) in [6.07, 6.45) is 5.24. The van der Waals surface area contributed by atoms with E-state index in [9.17, 15) is 32.7 Å². The minimum Gasteiger partial charge on any atom is -0.505 e. The van der Waals surface area contributed by atoms with Crippen LogP contribution in [0.5, 0.6) is 5.75 Å².